The van der Waals surface area contributed by atoms with Crippen LogP contribution in [0, 0.1) is 28.9 Å². The van der Waals surface area contributed by atoms with Gasteiger partial charge in [0.05, 0.1) is 11.5 Å². The van der Waals surface area contributed by atoms with Crippen molar-refractivity contribution >= 4 is 0 Å². The molecule has 0 bridgehead atoms. The summed E-state index contributed by atoms with van der Waals surface area (Å²) in [6.45, 7) is 3.02. The summed E-state index contributed by atoms with van der Waals surface area (Å²) in [6.07, 6.45) is 5.54. The van der Waals surface area contributed by atoms with Gasteiger partial charge in [-0.3, -0.25) is 4.90 Å². The monoisotopic (exact) mass is 396 g/mol. The van der Waals surface area contributed by atoms with Crippen molar-refractivity contribution < 1.29 is 8.78 Å². The van der Waals surface area contributed by atoms with E-state index >= 15 is 0 Å². The lowest BCUT2D eigenvalue weighted by atomic mass is 9.60. The van der Waals surface area contributed by atoms with Gasteiger partial charge in [-0.05, 0) is 68.3 Å². The SMILES string of the molecule is CCC(CCC(C#N)(c1ccc(F)c(F)c1)C1CCC1)N(C)Cc1ccccc1. The van der Waals surface area contributed by atoms with Crippen LogP contribution in [0.4, 0.5) is 8.78 Å². The Bertz CT molecular complexity index is 842. The van der Waals surface area contributed by atoms with Crippen LogP contribution in [0.3, 0.4) is 0 Å². The molecule has 0 heterocycles. The van der Waals surface area contributed by atoms with Crippen LogP contribution >= 0.6 is 0 Å². The molecule has 29 heavy (non-hydrogen) atoms. The Balaban J connectivity index is 1.78. The van der Waals surface area contributed by atoms with E-state index < -0.39 is 17.0 Å². The maximum absolute atomic E-state index is 14.0. The molecule has 1 aliphatic rings. The zero-order valence-electron chi connectivity index (χ0n) is 17.4. The Morgan fingerprint density at radius 2 is 1.86 bits per heavy atom. The minimum absolute atomic E-state index is 0.217. The third-order valence-electron chi connectivity index (χ3n) is 6.68. The number of rotatable bonds is 9. The number of hydrogen-bond donors (Lipinski definition) is 0. The van der Waals surface area contributed by atoms with E-state index in [4.69, 9.17) is 0 Å². The van der Waals surface area contributed by atoms with Crippen LogP contribution in [0.5, 0.6) is 0 Å². The number of benzene rings is 2. The molecule has 0 aliphatic heterocycles. The molecular formula is C25H30F2N2. The molecule has 0 radical (unpaired) electrons. The first-order valence-electron chi connectivity index (χ1n) is 10.6. The number of halogens is 2. The van der Waals surface area contributed by atoms with Gasteiger partial charge >= 0.3 is 0 Å². The second-order valence-corrected chi connectivity index (χ2v) is 8.34. The molecule has 2 aromatic carbocycles. The first-order chi connectivity index (χ1) is 14.0. The molecule has 1 fully saturated rings. The van der Waals surface area contributed by atoms with Crippen molar-refractivity contribution in [2.75, 3.05) is 7.05 Å². The van der Waals surface area contributed by atoms with Gasteiger partial charge in [0.2, 0.25) is 0 Å². The van der Waals surface area contributed by atoms with Crippen LogP contribution in [0.1, 0.15) is 56.6 Å². The van der Waals surface area contributed by atoms with Crippen LogP contribution in [0.15, 0.2) is 48.5 Å². The fourth-order valence-electron chi connectivity index (χ4n) is 4.60. The average molecular weight is 397 g/mol. The van der Waals surface area contributed by atoms with Crippen LogP contribution < -0.4 is 0 Å². The van der Waals surface area contributed by atoms with Gasteiger partial charge in [-0.25, -0.2) is 8.78 Å². The molecule has 2 aromatic rings. The summed E-state index contributed by atoms with van der Waals surface area (Å²) < 4.78 is 27.5. The highest BCUT2D eigenvalue weighted by atomic mass is 19.2. The second-order valence-electron chi connectivity index (χ2n) is 8.34. The van der Waals surface area contributed by atoms with E-state index in [2.05, 4.69) is 37.1 Å². The first kappa shape index (κ1) is 21.5. The Labute approximate surface area is 173 Å². The van der Waals surface area contributed by atoms with Crippen molar-refractivity contribution in [3.05, 3.63) is 71.3 Å². The molecule has 4 heteroatoms. The van der Waals surface area contributed by atoms with E-state index in [1.54, 1.807) is 6.07 Å². The standard InChI is InChI=1S/C25H30F2N2/c1-3-22(29(2)17-19-8-5-4-6-9-19)14-15-25(18-28,20-10-7-11-20)21-12-13-23(26)24(27)16-21/h4-6,8-9,12-13,16,20,22H,3,7,10-11,14-15,17H2,1-2H3. The fourth-order valence-corrected chi connectivity index (χ4v) is 4.60. The molecule has 1 aliphatic carbocycles. The molecule has 0 saturated heterocycles. The Morgan fingerprint density at radius 1 is 1.14 bits per heavy atom. The minimum atomic E-state index is -0.866. The Hall–Kier alpha value is -2.25. The lowest BCUT2D eigenvalue weighted by Gasteiger charge is -2.42. The summed E-state index contributed by atoms with van der Waals surface area (Å²) in [7, 11) is 2.12. The van der Waals surface area contributed by atoms with Crippen molar-refractivity contribution in [3.8, 4) is 6.07 Å². The lowest BCUT2D eigenvalue weighted by Crippen LogP contribution is -2.40. The topological polar surface area (TPSA) is 27.0 Å². The zero-order chi connectivity index (χ0) is 20.9. The van der Waals surface area contributed by atoms with E-state index in [0.717, 1.165) is 44.7 Å². The third kappa shape index (κ3) is 4.67. The minimum Gasteiger partial charge on any atom is -0.299 e. The van der Waals surface area contributed by atoms with Gasteiger partial charge in [0.15, 0.2) is 11.6 Å². The highest BCUT2D eigenvalue weighted by Gasteiger charge is 2.44. The van der Waals surface area contributed by atoms with Crippen molar-refractivity contribution in [2.24, 2.45) is 5.92 Å². The molecule has 154 valence electrons. The highest BCUT2D eigenvalue weighted by Crippen LogP contribution is 2.47. The van der Waals surface area contributed by atoms with Crippen LogP contribution in [0.25, 0.3) is 0 Å². The number of hydrogen-bond acceptors (Lipinski definition) is 2. The van der Waals surface area contributed by atoms with Gasteiger partial charge < -0.3 is 0 Å². The molecule has 2 unspecified atom stereocenters. The average Bonchev–Trinajstić information content (AvgIpc) is 2.69. The smallest absolute Gasteiger partial charge is 0.159 e. The summed E-state index contributed by atoms with van der Waals surface area (Å²) >= 11 is 0. The molecule has 1 saturated carbocycles. The Kier molecular flexibility index (Phi) is 7.03. The number of nitriles is 1. The molecule has 0 spiro atoms. The molecule has 2 atom stereocenters. The zero-order valence-corrected chi connectivity index (χ0v) is 17.4. The molecule has 0 amide bonds. The summed E-state index contributed by atoms with van der Waals surface area (Å²) in [5.41, 5.74) is 1.15. The maximum atomic E-state index is 14.0. The van der Waals surface area contributed by atoms with Crippen molar-refractivity contribution in [1.29, 1.82) is 5.26 Å². The summed E-state index contributed by atoms with van der Waals surface area (Å²) in [6, 6.07) is 17.2. The molecule has 2 nitrogen and oxygen atoms in total. The lowest BCUT2D eigenvalue weighted by molar-refractivity contribution is 0.161. The summed E-state index contributed by atoms with van der Waals surface area (Å²) in [5, 5.41) is 10.2. The summed E-state index contributed by atoms with van der Waals surface area (Å²) in [4.78, 5) is 2.34. The van der Waals surface area contributed by atoms with Crippen LogP contribution in [-0.4, -0.2) is 18.0 Å². The van der Waals surface area contributed by atoms with Gasteiger partial charge in [-0.2, -0.15) is 5.26 Å². The molecular weight excluding hydrogens is 366 g/mol. The quantitative estimate of drug-likeness (QED) is 0.503. The third-order valence-corrected chi connectivity index (χ3v) is 6.68. The van der Waals surface area contributed by atoms with E-state index in [-0.39, 0.29) is 5.92 Å². The van der Waals surface area contributed by atoms with Gasteiger partial charge in [-0.1, -0.05) is 49.7 Å². The van der Waals surface area contributed by atoms with Crippen LogP contribution in [-0.2, 0) is 12.0 Å². The highest BCUT2D eigenvalue weighted by molar-refractivity contribution is 5.35. The van der Waals surface area contributed by atoms with Gasteiger partial charge in [0.1, 0.15) is 0 Å². The van der Waals surface area contributed by atoms with Crippen LogP contribution in [0.2, 0.25) is 0 Å². The second kappa shape index (κ2) is 9.50. The normalized spacial score (nSPS) is 17.4. The van der Waals surface area contributed by atoms with Crippen molar-refractivity contribution in [2.45, 2.75) is 63.5 Å². The van der Waals surface area contributed by atoms with E-state index in [0.29, 0.717) is 18.0 Å². The maximum Gasteiger partial charge on any atom is 0.159 e. The predicted octanol–water partition coefficient (Wildman–Crippen LogP) is 6.22. The van der Waals surface area contributed by atoms with Gasteiger partial charge in [-0.15, -0.1) is 0 Å². The number of nitrogens with zero attached hydrogens (tertiary/aromatic N) is 2. The predicted molar refractivity (Wildman–Crippen MR) is 112 cm³/mol. The van der Waals surface area contributed by atoms with E-state index in [9.17, 15) is 14.0 Å². The first-order valence-corrected chi connectivity index (χ1v) is 10.6. The largest absolute Gasteiger partial charge is 0.299 e. The van der Waals surface area contributed by atoms with E-state index in [1.807, 2.05) is 18.2 Å². The fraction of sp³-hybridized carbons (Fsp3) is 0.480. The molecule has 3 rings (SSSR count). The van der Waals surface area contributed by atoms with Crippen molar-refractivity contribution in [1.82, 2.24) is 4.90 Å². The summed E-state index contributed by atoms with van der Waals surface area (Å²) in [5.74, 6) is -1.51. The molecule has 0 N–H and O–H groups in total. The Morgan fingerprint density at radius 3 is 2.41 bits per heavy atom. The van der Waals surface area contributed by atoms with Gasteiger partial charge in [0.25, 0.3) is 0 Å². The molecule has 0 aromatic heterocycles. The van der Waals surface area contributed by atoms with Crippen molar-refractivity contribution in [3.63, 3.8) is 0 Å². The van der Waals surface area contributed by atoms with E-state index in [1.165, 1.54) is 11.6 Å². The van der Waals surface area contributed by atoms with Gasteiger partial charge in [0, 0.05) is 12.6 Å².